The zero-order valence-electron chi connectivity index (χ0n) is 14.1. The minimum absolute atomic E-state index is 0.0353. The summed E-state index contributed by atoms with van der Waals surface area (Å²) in [6.07, 6.45) is 2.61. The topological polar surface area (TPSA) is 134 Å². The molecule has 0 aliphatic heterocycles. The first-order chi connectivity index (χ1) is 12.8. The molecule has 3 aromatic rings. The van der Waals surface area contributed by atoms with Gasteiger partial charge in [0.2, 0.25) is 0 Å². The molecule has 0 atom stereocenters. The Morgan fingerprint density at radius 2 is 1.89 bits per heavy atom. The Hall–Kier alpha value is -3.53. The Balaban J connectivity index is 1.73. The number of nitrogens with zero attached hydrogens (tertiary/aromatic N) is 1. The van der Waals surface area contributed by atoms with Crippen LogP contribution in [0.25, 0.3) is 0 Å². The maximum Gasteiger partial charge on any atom is 0.340 e. The number of nitrogens with two attached hydrogens (primary N) is 1. The van der Waals surface area contributed by atoms with Crippen LogP contribution in [0.5, 0.6) is 5.75 Å². The van der Waals surface area contributed by atoms with Gasteiger partial charge >= 0.3 is 10.1 Å². The van der Waals surface area contributed by atoms with Gasteiger partial charge in [-0.15, -0.1) is 0 Å². The summed E-state index contributed by atoms with van der Waals surface area (Å²) in [6, 6.07) is 9.96. The molecule has 0 fully saturated rings. The van der Waals surface area contributed by atoms with E-state index in [0.717, 1.165) is 6.07 Å². The second kappa shape index (κ2) is 7.00. The maximum atomic E-state index is 12.3. The van der Waals surface area contributed by atoms with Crippen molar-refractivity contribution in [3.8, 4) is 5.75 Å². The Morgan fingerprint density at radius 3 is 2.44 bits per heavy atom. The third-order valence-corrected chi connectivity index (χ3v) is 4.80. The molecule has 27 heavy (non-hydrogen) atoms. The van der Waals surface area contributed by atoms with Gasteiger partial charge in [-0.2, -0.15) is 8.42 Å². The number of benzene rings is 1. The van der Waals surface area contributed by atoms with Crippen molar-refractivity contribution in [1.82, 2.24) is 4.57 Å². The quantitative estimate of drug-likeness (QED) is 0.617. The van der Waals surface area contributed by atoms with E-state index in [-0.39, 0.29) is 22.1 Å². The summed E-state index contributed by atoms with van der Waals surface area (Å²) in [7, 11) is -2.66. The highest BCUT2D eigenvalue weighted by Crippen LogP contribution is 2.22. The normalized spacial score (nSPS) is 11.1. The average Bonchev–Trinajstić information content (AvgIpc) is 3.26. The predicted octanol–water partition coefficient (Wildman–Crippen LogP) is 1.74. The lowest BCUT2D eigenvalue weighted by atomic mass is 10.3. The molecule has 2 heterocycles. The van der Waals surface area contributed by atoms with Gasteiger partial charge in [0.1, 0.15) is 16.3 Å². The Morgan fingerprint density at radius 1 is 1.19 bits per heavy atom. The van der Waals surface area contributed by atoms with Crippen molar-refractivity contribution in [2.45, 2.75) is 4.90 Å². The summed E-state index contributed by atoms with van der Waals surface area (Å²) in [6.45, 7) is 0. The first-order valence-electron chi connectivity index (χ1n) is 7.62. The number of rotatable bonds is 6. The summed E-state index contributed by atoms with van der Waals surface area (Å²) < 4.78 is 36.0. The molecule has 10 heteroatoms. The van der Waals surface area contributed by atoms with Crippen molar-refractivity contribution >= 4 is 27.6 Å². The van der Waals surface area contributed by atoms with Gasteiger partial charge in [-0.1, -0.05) is 0 Å². The molecule has 0 saturated carbocycles. The average molecular weight is 389 g/mol. The van der Waals surface area contributed by atoms with E-state index in [0.29, 0.717) is 5.69 Å². The van der Waals surface area contributed by atoms with Crippen LogP contribution in [0.2, 0.25) is 0 Å². The third-order valence-electron chi connectivity index (χ3n) is 3.58. The summed E-state index contributed by atoms with van der Waals surface area (Å²) in [5.41, 5.74) is 5.64. The van der Waals surface area contributed by atoms with Crippen molar-refractivity contribution in [1.29, 1.82) is 0 Å². The first kappa shape index (κ1) is 18.3. The van der Waals surface area contributed by atoms with Gasteiger partial charge in [-0.3, -0.25) is 9.59 Å². The largest absolute Gasteiger partial charge is 0.459 e. The van der Waals surface area contributed by atoms with E-state index in [9.17, 15) is 18.0 Å². The highest BCUT2D eigenvalue weighted by molar-refractivity contribution is 7.87. The molecule has 0 aliphatic rings. The number of hydrogen-bond acceptors (Lipinski definition) is 6. The number of primary amides is 1. The van der Waals surface area contributed by atoms with Gasteiger partial charge in [0, 0.05) is 18.9 Å². The third kappa shape index (κ3) is 4.01. The van der Waals surface area contributed by atoms with E-state index in [4.69, 9.17) is 14.3 Å². The van der Waals surface area contributed by atoms with Crippen molar-refractivity contribution in [2.75, 3.05) is 5.32 Å². The number of aromatic nitrogens is 1. The Bertz CT molecular complexity index is 1080. The van der Waals surface area contributed by atoms with E-state index in [1.807, 2.05) is 0 Å². The van der Waals surface area contributed by atoms with Crippen LogP contribution in [0.4, 0.5) is 5.69 Å². The van der Waals surface area contributed by atoms with Crippen molar-refractivity contribution in [2.24, 2.45) is 12.8 Å². The van der Waals surface area contributed by atoms with Gasteiger partial charge in [0.15, 0.2) is 5.76 Å². The standard InChI is InChI=1S/C17H15N3O6S/c1-20-10-13(9-14(20)16(18)21)27(23,24)26-12-6-4-11(5-7-12)19-17(22)15-3-2-8-25-15/h2-10H,1H3,(H2,18,21)(H,19,22). The van der Waals surface area contributed by atoms with Crippen LogP contribution >= 0.6 is 0 Å². The van der Waals surface area contributed by atoms with Crippen LogP contribution in [-0.2, 0) is 17.2 Å². The highest BCUT2D eigenvalue weighted by atomic mass is 32.2. The number of furan rings is 1. The Labute approximate surface area is 154 Å². The smallest absolute Gasteiger partial charge is 0.340 e. The SMILES string of the molecule is Cn1cc(S(=O)(=O)Oc2ccc(NC(=O)c3ccco3)cc2)cc1C(N)=O. The second-order valence-corrected chi connectivity index (χ2v) is 7.08. The van der Waals surface area contributed by atoms with Gasteiger partial charge in [-0.25, -0.2) is 0 Å². The fraction of sp³-hybridized carbons (Fsp3) is 0.0588. The van der Waals surface area contributed by atoms with Crippen LogP contribution < -0.4 is 15.2 Å². The predicted molar refractivity (Wildman–Crippen MR) is 94.8 cm³/mol. The lowest BCUT2D eigenvalue weighted by Crippen LogP contribution is -2.14. The summed E-state index contributed by atoms with van der Waals surface area (Å²) in [4.78, 5) is 22.9. The van der Waals surface area contributed by atoms with Gasteiger partial charge < -0.3 is 24.2 Å². The molecule has 0 bridgehead atoms. The zero-order chi connectivity index (χ0) is 19.6. The maximum absolute atomic E-state index is 12.3. The van der Waals surface area contributed by atoms with Crippen LogP contribution in [0.1, 0.15) is 21.0 Å². The monoisotopic (exact) mass is 389 g/mol. The molecule has 0 unspecified atom stereocenters. The molecule has 3 N–H and O–H groups in total. The summed E-state index contributed by atoms with van der Waals surface area (Å²) in [5, 5.41) is 2.60. The van der Waals surface area contributed by atoms with Gasteiger partial charge in [0.25, 0.3) is 11.8 Å². The van der Waals surface area contributed by atoms with Gasteiger partial charge in [-0.05, 0) is 42.5 Å². The molecule has 3 rings (SSSR count). The minimum atomic E-state index is -4.15. The molecule has 0 spiro atoms. The van der Waals surface area contributed by atoms with Crippen molar-refractivity contribution < 1.29 is 26.6 Å². The van der Waals surface area contributed by atoms with E-state index in [1.165, 1.54) is 54.4 Å². The second-order valence-electron chi connectivity index (χ2n) is 5.53. The van der Waals surface area contributed by atoms with Crippen LogP contribution in [-0.4, -0.2) is 24.8 Å². The Kier molecular flexibility index (Phi) is 4.74. The zero-order valence-corrected chi connectivity index (χ0v) is 14.9. The lowest BCUT2D eigenvalue weighted by molar-refractivity contribution is 0.0986. The van der Waals surface area contributed by atoms with Gasteiger partial charge in [0.05, 0.1) is 6.26 Å². The number of aryl methyl sites for hydroxylation is 1. The summed E-state index contributed by atoms with van der Waals surface area (Å²) in [5.74, 6) is -1.01. The molecule has 2 amide bonds. The molecule has 0 saturated heterocycles. The van der Waals surface area contributed by atoms with E-state index in [1.54, 1.807) is 6.07 Å². The first-order valence-corrected chi connectivity index (χ1v) is 9.03. The highest BCUT2D eigenvalue weighted by Gasteiger charge is 2.21. The fourth-order valence-electron chi connectivity index (χ4n) is 2.28. The summed E-state index contributed by atoms with van der Waals surface area (Å²) >= 11 is 0. The number of anilines is 1. The van der Waals surface area contributed by atoms with E-state index < -0.39 is 21.9 Å². The van der Waals surface area contributed by atoms with Crippen LogP contribution in [0.15, 0.2) is 64.2 Å². The van der Waals surface area contributed by atoms with Crippen LogP contribution in [0.3, 0.4) is 0 Å². The number of carbonyl (C=O) groups is 2. The molecule has 0 radical (unpaired) electrons. The van der Waals surface area contributed by atoms with Crippen molar-refractivity contribution in [3.63, 3.8) is 0 Å². The molecule has 1 aromatic carbocycles. The van der Waals surface area contributed by atoms with Crippen LogP contribution in [0, 0.1) is 0 Å². The molecule has 140 valence electrons. The fourth-order valence-corrected chi connectivity index (χ4v) is 3.29. The number of nitrogens with one attached hydrogen (secondary N) is 1. The number of hydrogen-bond donors (Lipinski definition) is 2. The van der Waals surface area contributed by atoms with Crippen molar-refractivity contribution in [3.05, 3.63) is 66.4 Å². The number of carbonyl (C=O) groups excluding carboxylic acids is 2. The molecule has 9 nitrogen and oxygen atoms in total. The minimum Gasteiger partial charge on any atom is -0.459 e. The lowest BCUT2D eigenvalue weighted by Gasteiger charge is -2.07. The number of amides is 2. The molecular formula is C17H15N3O6S. The van der Waals surface area contributed by atoms with E-state index in [2.05, 4.69) is 5.32 Å². The molecule has 0 aliphatic carbocycles. The molecular weight excluding hydrogens is 374 g/mol. The molecule has 2 aromatic heterocycles. The van der Waals surface area contributed by atoms with E-state index >= 15 is 0 Å².